The predicted molar refractivity (Wildman–Crippen MR) is 73.2 cm³/mol. The van der Waals surface area contributed by atoms with Crippen molar-refractivity contribution in [3.63, 3.8) is 0 Å². The third-order valence-corrected chi connectivity index (χ3v) is 3.38. The topological polar surface area (TPSA) is 60.2 Å². The maximum absolute atomic E-state index is 5.33. The third-order valence-electron chi connectivity index (χ3n) is 3.38. The molecule has 2 rings (SSSR count). The summed E-state index contributed by atoms with van der Waals surface area (Å²) in [5, 5.41) is 7.21. The van der Waals surface area contributed by atoms with Gasteiger partial charge in [-0.15, -0.1) is 0 Å². The Morgan fingerprint density at radius 2 is 1.89 bits per heavy atom. The summed E-state index contributed by atoms with van der Waals surface area (Å²) in [6.45, 7) is 4.15. The number of aromatic nitrogens is 2. The molecule has 1 N–H and O–H groups in total. The zero-order valence-corrected chi connectivity index (χ0v) is 11.7. The second-order valence-electron chi connectivity index (χ2n) is 4.55. The molecule has 0 saturated heterocycles. The summed E-state index contributed by atoms with van der Waals surface area (Å²) >= 11 is 0. The fourth-order valence-corrected chi connectivity index (χ4v) is 1.74. The summed E-state index contributed by atoms with van der Waals surface area (Å²) in [4.78, 5) is 4.45. The van der Waals surface area contributed by atoms with Crippen LogP contribution in [0.5, 0.6) is 5.75 Å². The molecule has 2 aromatic rings. The van der Waals surface area contributed by atoms with E-state index in [9.17, 15) is 0 Å². The van der Waals surface area contributed by atoms with Crippen LogP contribution in [-0.4, -0.2) is 30.3 Å². The molecule has 19 heavy (non-hydrogen) atoms. The molecule has 0 aliphatic rings. The first kappa shape index (κ1) is 13.5. The van der Waals surface area contributed by atoms with Crippen molar-refractivity contribution in [2.24, 2.45) is 0 Å². The van der Waals surface area contributed by atoms with E-state index in [4.69, 9.17) is 9.26 Å². The number of methoxy groups -OCH3 is 1. The van der Waals surface area contributed by atoms with Crippen molar-refractivity contribution in [3.8, 4) is 17.1 Å². The van der Waals surface area contributed by atoms with Crippen molar-refractivity contribution in [1.29, 1.82) is 0 Å². The fourth-order valence-electron chi connectivity index (χ4n) is 1.74. The molecule has 0 amide bonds. The number of likely N-dealkylation sites (N-methyl/N-ethyl adjacent to an activating group) is 1. The molecule has 2 unspecified atom stereocenters. The molecule has 102 valence electrons. The minimum atomic E-state index is 0.171. The Morgan fingerprint density at radius 1 is 1.21 bits per heavy atom. The molecular weight excluding hydrogens is 242 g/mol. The van der Waals surface area contributed by atoms with E-state index in [0.29, 0.717) is 11.7 Å². The van der Waals surface area contributed by atoms with Crippen LogP contribution in [0, 0.1) is 0 Å². The number of hydrogen-bond donors (Lipinski definition) is 1. The van der Waals surface area contributed by atoms with Gasteiger partial charge in [0, 0.05) is 11.6 Å². The molecular formula is C14H19N3O2. The summed E-state index contributed by atoms with van der Waals surface area (Å²) < 4.78 is 10.4. The van der Waals surface area contributed by atoms with Crippen LogP contribution in [0.25, 0.3) is 11.4 Å². The molecule has 1 aromatic heterocycles. The number of nitrogens with zero attached hydrogens (tertiary/aromatic N) is 2. The Balaban J connectivity index is 2.20. The van der Waals surface area contributed by atoms with Crippen molar-refractivity contribution in [2.45, 2.75) is 25.8 Å². The molecule has 5 nitrogen and oxygen atoms in total. The highest BCUT2D eigenvalue weighted by molar-refractivity contribution is 5.55. The van der Waals surface area contributed by atoms with E-state index >= 15 is 0 Å². The van der Waals surface area contributed by atoms with E-state index in [2.05, 4.69) is 29.3 Å². The van der Waals surface area contributed by atoms with E-state index in [1.54, 1.807) is 7.11 Å². The van der Waals surface area contributed by atoms with Crippen LogP contribution in [0.2, 0.25) is 0 Å². The van der Waals surface area contributed by atoms with Crippen molar-refractivity contribution >= 4 is 0 Å². The van der Waals surface area contributed by atoms with Gasteiger partial charge in [-0.25, -0.2) is 0 Å². The summed E-state index contributed by atoms with van der Waals surface area (Å²) in [6.07, 6.45) is 0. The van der Waals surface area contributed by atoms with Crippen LogP contribution in [0.4, 0.5) is 0 Å². The van der Waals surface area contributed by atoms with Gasteiger partial charge < -0.3 is 14.6 Å². The Morgan fingerprint density at radius 3 is 2.47 bits per heavy atom. The van der Waals surface area contributed by atoms with Crippen molar-refractivity contribution in [3.05, 3.63) is 30.2 Å². The molecule has 1 heterocycles. The van der Waals surface area contributed by atoms with Gasteiger partial charge in [-0.1, -0.05) is 12.1 Å². The van der Waals surface area contributed by atoms with Crippen molar-refractivity contribution in [1.82, 2.24) is 15.5 Å². The Kier molecular flexibility index (Phi) is 4.16. The minimum absolute atomic E-state index is 0.171. The lowest BCUT2D eigenvalue weighted by atomic mass is 10.0. The molecule has 5 heteroatoms. The Hall–Kier alpha value is -1.88. The summed E-state index contributed by atoms with van der Waals surface area (Å²) in [7, 11) is 3.56. The molecule has 0 fully saturated rings. The van der Waals surface area contributed by atoms with Crippen LogP contribution in [0.3, 0.4) is 0 Å². The molecule has 0 bridgehead atoms. The highest BCUT2D eigenvalue weighted by Crippen LogP contribution is 2.23. The van der Waals surface area contributed by atoms with Crippen LogP contribution in [0.1, 0.15) is 25.7 Å². The molecule has 0 radical (unpaired) electrons. The van der Waals surface area contributed by atoms with Gasteiger partial charge in [-0.3, -0.25) is 0 Å². The first-order valence-corrected chi connectivity index (χ1v) is 6.31. The van der Waals surface area contributed by atoms with E-state index in [0.717, 1.165) is 11.3 Å². The van der Waals surface area contributed by atoms with Gasteiger partial charge in [-0.05, 0) is 38.2 Å². The summed E-state index contributed by atoms with van der Waals surface area (Å²) in [6, 6.07) is 7.87. The molecule has 0 aliphatic carbocycles. The lowest BCUT2D eigenvalue weighted by Crippen LogP contribution is -2.27. The number of benzene rings is 1. The third kappa shape index (κ3) is 2.93. The average Bonchev–Trinajstić information content (AvgIpc) is 2.95. The van der Waals surface area contributed by atoms with Gasteiger partial charge in [0.25, 0.3) is 0 Å². The SMILES string of the molecule is CNC(C)C(C)c1nc(-c2ccc(OC)cc2)no1. The van der Waals surface area contributed by atoms with E-state index in [-0.39, 0.29) is 12.0 Å². The van der Waals surface area contributed by atoms with Gasteiger partial charge in [0.15, 0.2) is 0 Å². The standard InChI is InChI=1S/C14H19N3O2/c1-9(10(2)15-3)14-16-13(17-19-14)11-5-7-12(18-4)8-6-11/h5-10,15H,1-4H3. The maximum atomic E-state index is 5.33. The number of hydrogen-bond acceptors (Lipinski definition) is 5. The lowest BCUT2D eigenvalue weighted by molar-refractivity contribution is 0.336. The molecule has 0 saturated carbocycles. The first-order valence-electron chi connectivity index (χ1n) is 6.31. The van der Waals surface area contributed by atoms with E-state index < -0.39 is 0 Å². The molecule has 0 spiro atoms. The van der Waals surface area contributed by atoms with Gasteiger partial charge in [0.2, 0.25) is 11.7 Å². The number of nitrogens with one attached hydrogen (secondary N) is 1. The van der Waals surface area contributed by atoms with Crippen LogP contribution >= 0.6 is 0 Å². The largest absolute Gasteiger partial charge is 0.497 e. The molecule has 2 atom stereocenters. The Labute approximate surface area is 113 Å². The van der Waals surface area contributed by atoms with Gasteiger partial charge >= 0.3 is 0 Å². The summed E-state index contributed by atoms with van der Waals surface area (Å²) in [5.74, 6) is 2.23. The fraction of sp³-hybridized carbons (Fsp3) is 0.429. The normalized spacial score (nSPS) is 14.1. The number of ether oxygens (including phenoxy) is 1. The van der Waals surface area contributed by atoms with E-state index in [1.807, 2.05) is 31.3 Å². The smallest absolute Gasteiger partial charge is 0.231 e. The Bertz CT molecular complexity index is 522. The summed E-state index contributed by atoms with van der Waals surface area (Å²) in [5.41, 5.74) is 0.917. The quantitative estimate of drug-likeness (QED) is 0.895. The van der Waals surface area contributed by atoms with Crippen LogP contribution in [0.15, 0.2) is 28.8 Å². The zero-order chi connectivity index (χ0) is 13.8. The lowest BCUT2D eigenvalue weighted by Gasteiger charge is -2.14. The number of rotatable bonds is 5. The molecule has 1 aromatic carbocycles. The minimum Gasteiger partial charge on any atom is -0.497 e. The van der Waals surface area contributed by atoms with Gasteiger partial charge in [0.1, 0.15) is 5.75 Å². The monoisotopic (exact) mass is 261 g/mol. The van der Waals surface area contributed by atoms with Crippen molar-refractivity contribution in [2.75, 3.05) is 14.2 Å². The zero-order valence-electron chi connectivity index (χ0n) is 11.7. The van der Waals surface area contributed by atoms with Crippen LogP contribution < -0.4 is 10.1 Å². The first-order chi connectivity index (χ1) is 9.15. The van der Waals surface area contributed by atoms with Gasteiger partial charge in [0.05, 0.1) is 13.0 Å². The van der Waals surface area contributed by atoms with Crippen LogP contribution in [-0.2, 0) is 0 Å². The average molecular weight is 261 g/mol. The highest BCUT2D eigenvalue weighted by Gasteiger charge is 2.19. The van der Waals surface area contributed by atoms with E-state index in [1.165, 1.54) is 0 Å². The van der Waals surface area contributed by atoms with Crippen molar-refractivity contribution < 1.29 is 9.26 Å². The predicted octanol–water partition coefficient (Wildman–Crippen LogP) is 2.46. The highest BCUT2D eigenvalue weighted by atomic mass is 16.5. The second-order valence-corrected chi connectivity index (χ2v) is 4.55. The maximum Gasteiger partial charge on any atom is 0.231 e. The molecule has 0 aliphatic heterocycles. The second kappa shape index (κ2) is 5.84. The van der Waals surface area contributed by atoms with Gasteiger partial charge in [-0.2, -0.15) is 4.98 Å².